The molecule has 1 aliphatic rings. The van der Waals surface area contributed by atoms with E-state index in [1.165, 1.54) is 18.4 Å². The molecule has 0 fully saturated rings. The van der Waals surface area contributed by atoms with Gasteiger partial charge in [-0.3, -0.25) is 0 Å². The standard InChI is InChI=1S/C18H24N2O4S/c1-22-18(21)17-16-15(12-25-17)24-11-14(20(16)8-7-19)10-23-9-13-5-3-2-4-6-13/h2-6,12,14,18,21H,7-11,19H2,1H3/t14-,18?/m0/s1. The number of nitrogens with two attached hydrogens (primary N) is 1. The molecule has 3 N–H and O–H groups in total. The molecule has 1 aromatic carbocycles. The van der Waals surface area contributed by atoms with Crippen molar-refractivity contribution in [2.24, 2.45) is 5.73 Å². The first kappa shape index (κ1) is 18.2. The number of thiophene rings is 1. The molecule has 1 unspecified atom stereocenters. The van der Waals surface area contributed by atoms with Gasteiger partial charge in [-0.2, -0.15) is 0 Å². The fourth-order valence-electron chi connectivity index (χ4n) is 2.93. The van der Waals surface area contributed by atoms with Gasteiger partial charge in [-0.1, -0.05) is 30.3 Å². The van der Waals surface area contributed by atoms with Gasteiger partial charge in [0.05, 0.1) is 29.8 Å². The van der Waals surface area contributed by atoms with Gasteiger partial charge in [-0.05, 0) is 5.56 Å². The SMILES string of the molecule is COC(O)c1scc2c1N(CCN)[C@@H](COCc1ccccc1)CO2. The Balaban J connectivity index is 1.71. The minimum Gasteiger partial charge on any atom is -0.488 e. The number of nitrogens with zero attached hydrogens (tertiary/aromatic N) is 1. The fourth-order valence-corrected chi connectivity index (χ4v) is 3.89. The van der Waals surface area contributed by atoms with Crippen molar-refractivity contribution < 1.29 is 19.3 Å². The molecule has 0 spiro atoms. The molecule has 7 heteroatoms. The summed E-state index contributed by atoms with van der Waals surface area (Å²) in [6.07, 6.45) is -0.971. The Morgan fingerprint density at radius 3 is 2.92 bits per heavy atom. The minimum absolute atomic E-state index is 0.0390. The van der Waals surface area contributed by atoms with Gasteiger partial charge in [0.2, 0.25) is 0 Å². The first-order chi connectivity index (χ1) is 12.2. The van der Waals surface area contributed by atoms with Crippen LogP contribution < -0.4 is 15.4 Å². The minimum atomic E-state index is -0.971. The zero-order chi connectivity index (χ0) is 17.6. The van der Waals surface area contributed by atoms with E-state index in [2.05, 4.69) is 4.90 Å². The summed E-state index contributed by atoms with van der Waals surface area (Å²) in [6, 6.07) is 10.1. The maximum Gasteiger partial charge on any atom is 0.192 e. The lowest BCUT2D eigenvalue weighted by Crippen LogP contribution is -2.48. The third-order valence-electron chi connectivity index (χ3n) is 4.16. The average Bonchev–Trinajstić information content (AvgIpc) is 3.08. The molecule has 3 rings (SSSR count). The zero-order valence-corrected chi connectivity index (χ0v) is 15.1. The lowest BCUT2D eigenvalue weighted by molar-refractivity contribution is -0.0742. The average molecular weight is 364 g/mol. The van der Waals surface area contributed by atoms with Crippen molar-refractivity contribution in [1.29, 1.82) is 0 Å². The summed E-state index contributed by atoms with van der Waals surface area (Å²) in [5.41, 5.74) is 7.81. The Morgan fingerprint density at radius 2 is 2.20 bits per heavy atom. The quantitative estimate of drug-likeness (QED) is 0.699. The summed E-state index contributed by atoms with van der Waals surface area (Å²) in [6.45, 7) is 2.77. The van der Waals surface area contributed by atoms with Gasteiger partial charge in [0.15, 0.2) is 12.0 Å². The summed E-state index contributed by atoms with van der Waals surface area (Å²) >= 11 is 1.43. The van der Waals surface area contributed by atoms with Crippen LogP contribution in [0.5, 0.6) is 5.75 Å². The number of fused-ring (bicyclic) bond motifs is 1. The van der Waals surface area contributed by atoms with Crippen molar-refractivity contribution >= 4 is 17.0 Å². The molecular weight excluding hydrogens is 340 g/mol. The molecule has 0 aliphatic carbocycles. The Bertz CT molecular complexity index is 664. The van der Waals surface area contributed by atoms with Crippen LogP contribution in [0.25, 0.3) is 0 Å². The molecule has 0 saturated carbocycles. The first-order valence-electron chi connectivity index (χ1n) is 8.28. The molecule has 25 heavy (non-hydrogen) atoms. The maximum absolute atomic E-state index is 10.1. The molecule has 2 heterocycles. The number of hydrogen-bond acceptors (Lipinski definition) is 7. The molecule has 2 aromatic rings. The van der Waals surface area contributed by atoms with Crippen molar-refractivity contribution in [1.82, 2.24) is 0 Å². The number of methoxy groups -OCH3 is 1. The smallest absolute Gasteiger partial charge is 0.192 e. The number of benzene rings is 1. The van der Waals surface area contributed by atoms with Crippen LogP contribution in [0.3, 0.4) is 0 Å². The predicted octanol–water partition coefficient (Wildman–Crippen LogP) is 2.13. The summed E-state index contributed by atoms with van der Waals surface area (Å²) in [4.78, 5) is 2.90. The molecular formula is C18H24N2O4S. The number of hydrogen-bond donors (Lipinski definition) is 2. The Morgan fingerprint density at radius 1 is 1.40 bits per heavy atom. The third-order valence-corrected chi connectivity index (χ3v) is 5.14. The normalized spacial score (nSPS) is 17.9. The van der Waals surface area contributed by atoms with Crippen LogP contribution in [0, 0.1) is 0 Å². The number of aliphatic hydroxyl groups is 1. The van der Waals surface area contributed by atoms with E-state index in [9.17, 15) is 5.11 Å². The van der Waals surface area contributed by atoms with Crippen molar-refractivity contribution in [3.8, 4) is 5.75 Å². The summed E-state index contributed by atoms with van der Waals surface area (Å²) in [5.74, 6) is 0.767. The van der Waals surface area contributed by atoms with Crippen LogP contribution in [-0.2, 0) is 16.1 Å². The van der Waals surface area contributed by atoms with Crippen molar-refractivity contribution in [3.63, 3.8) is 0 Å². The molecule has 6 nitrogen and oxygen atoms in total. The Labute approximate surface area is 151 Å². The van der Waals surface area contributed by atoms with Gasteiger partial charge in [0, 0.05) is 25.6 Å². The van der Waals surface area contributed by atoms with Gasteiger partial charge < -0.3 is 30.0 Å². The van der Waals surface area contributed by atoms with Crippen LogP contribution in [0.15, 0.2) is 35.7 Å². The van der Waals surface area contributed by atoms with Gasteiger partial charge in [-0.15, -0.1) is 11.3 Å². The van der Waals surface area contributed by atoms with E-state index in [0.29, 0.717) is 32.9 Å². The highest BCUT2D eigenvalue weighted by Crippen LogP contribution is 2.44. The monoisotopic (exact) mass is 364 g/mol. The topological polar surface area (TPSA) is 77.2 Å². The van der Waals surface area contributed by atoms with E-state index in [1.807, 2.05) is 35.7 Å². The van der Waals surface area contributed by atoms with E-state index < -0.39 is 6.29 Å². The first-order valence-corrected chi connectivity index (χ1v) is 9.16. The molecule has 136 valence electrons. The second-order valence-corrected chi connectivity index (χ2v) is 6.76. The van der Waals surface area contributed by atoms with Gasteiger partial charge in [0.1, 0.15) is 6.61 Å². The summed E-state index contributed by atoms with van der Waals surface area (Å²) < 4.78 is 16.9. The second kappa shape index (κ2) is 8.64. The van der Waals surface area contributed by atoms with Crippen molar-refractivity contribution in [3.05, 3.63) is 46.2 Å². The van der Waals surface area contributed by atoms with Crippen LogP contribution in [0.1, 0.15) is 16.7 Å². The molecule has 0 saturated heterocycles. The number of rotatable bonds is 8. The highest BCUT2D eigenvalue weighted by Gasteiger charge is 2.33. The highest BCUT2D eigenvalue weighted by atomic mass is 32.1. The highest BCUT2D eigenvalue weighted by molar-refractivity contribution is 7.11. The Kier molecular flexibility index (Phi) is 6.28. The van der Waals surface area contributed by atoms with Crippen molar-refractivity contribution in [2.75, 3.05) is 38.3 Å². The van der Waals surface area contributed by atoms with Gasteiger partial charge >= 0.3 is 0 Å². The van der Waals surface area contributed by atoms with E-state index in [-0.39, 0.29) is 6.04 Å². The number of aliphatic hydroxyl groups excluding tert-OH is 1. The third kappa shape index (κ3) is 4.13. The van der Waals surface area contributed by atoms with E-state index in [0.717, 1.165) is 21.9 Å². The predicted molar refractivity (Wildman–Crippen MR) is 98.1 cm³/mol. The molecule has 0 amide bonds. The van der Waals surface area contributed by atoms with E-state index >= 15 is 0 Å². The summed E-state index contributed by atoms with van der Waals surface area (Å²) in [7, 11) is 1.48. The second-order valence-electron chi connectivity index (χ2n) is 5.85. The number of ether oxygens (including phenoxy) is 3. The molecule has 1 aromatic heterocycles. The molecule has 2 atom stereocenters. The largest absolute Gasteiger partial charge is 0.488 e. The fraction of sp³-hybridized carbons (Fsp3) is 0.444. The summed E-state index contributed by atoms with van der Waals surface area (Å²) in [5, 5.41) is 12.0. The van der Waals surface area contributed by atoms with Crippen LogP contribution in [0.4, 0.5) is 5.69 Å². The number of anilines is 1. The lowest BCUT2D eigenvalue weighted by Gasteiger charge is -2.38. The van der Waals surface area contributed by atoms with Crippen LogP contribution in [0.2, 0.25) is 0 Å². The van der Waals surface area contributed by atoms with Crippen LogP contribution >= 0.6 is 11.3 Å². The molecule has 0 radical (unpaired) electrons. The Hall–Kier alpha value is -1.64. The lowest BCUT2D eigenvalue weighted by atomic mass is 10.1. The van der Waals surface area contributed by atoms with Gasteiger partial charge in [-0.25, -0.2) is 0 Å². The zero-order valence-electron chi connectivity index (χ0n) is 14.3. The van der Waals surface area contributed by atoms with Gasteiger partial charge in [0.25, 0.3) is 0 Å². The van der Waals surface area contributed by atoms with Crippen LogP contribution in [-0.4, -0.2) is 44.6 Å². The van der Waals surface area contributed by atoms with E-state index in [4.69, 9.17) is 19.9 Å². The molecule has 1 aliphatic heterocycles. The van der Waals surface area contributed by atoms with E-state index in [1.54, 1.807) is 0 Å². The van der Waals surface area contributed by atoms with Crippen molar-refractivity contribution in [2.45, 2.75) is 18.9 Å². The maximum atomic E-state index is 10.1. The molecule has 0 bridgehead atoms.